The Labute approximate surface area is 127 Å². The van der Waals surface area contributed by atoms with Gasteiger partial charge in [-0.05, 0) is 46.9 Å². The third-order valence-corrected chi connectivity index (χ3v) is 3.10. The average molecular weight is 385 g/mol. The van der Waals surface area contributed by atoms with Crippen LogP contribution in [0.25, 0.3) is 0 Å². The van der Waals surface area contributed by atoms with Gasteiger partial charge in [-0.1, -0.05) is 6.07 Å². The summed E-state index contributed by atoms with van der Waals surface area (Å²) in [6.45, 7) is 0. The van der Waals surface area contributed by atoms with E-state index in [1.165, 1.54) is 36.4 Å². The van der Waals surface area contributed by atoms with Gasteiger partial charge in [0.1, 0.15) is 17.1 Å². The summed E-state index contributed by atoms with van der Waals surface area (Å²) < 4.78 is 6.18. The van der Waals surface area contributed by atoms with Crippen LogP contribution in [-0.2, 0) is 0 Å². The molecule has 0 spiro atoms. The van der Waals surface area contributed by atoms with Gasteiger partial charge >= 0.3 is 5.97 Å². The molecule has 2 aromatic rings. The zero-order chi connectivity index (χ0) is 14.7. The van der Waals surface area contributed by atoms with Crippen molar-refractivity contribution in [1.29, 1.82) is 0 Å². The Morgan fingerprint density at radius 3 is 2.65 bits per heavy atom. The lowest BCUT2D eigenvalue weighted by Gasteiger charge is -2.08. The van der Waals surface area contributed by atoms with Crippen LogP contribution < -0.4 is 4.74 Å². The third-order valence-electron chi connectivity index (χ3n) is 2.43. The molecule has 0 aliphatic carbocycles. The summed E-state index contributed by atoms with van der Waals surface area (Å²) in [4.78, 5) is 21.3. The van der Waals surface area contributed by atoms with Crippen molar-refractivity contribution in [3.63, 3.8) is 0 Å². The van der Waals surface area contributed by atoms with E-state index in [9.17, 15) is 14.9 Å². The number of ether oxygens (including phenoxy) is 1. The molecule has 0 fully saturated rings. The summed E-state index contributed by atoms with van der Waals surface area (Å²) >= 11 is 1.99. The summed E-state index contributed by atoms with van der Waals surface area (Å²) in [5, 5.41) is 19.8. The molecule has 1 N–H and O–H groups in total. The summed E-state index contributed by atoms with van der Waals surface area (Å²) in [6.07, 6.45) is 0. The monoisotopic (exact) mass is 385 g/mol. The van der Waals surface area contributed by atoms with Crippen LogP contribution in [-0.4, -0.2) is 16.0 Å². The van der Waals surface area contributed by atoms with Crippen molar-refractivity contribution in [2.24, 2.45) is 0 Å². The third kappa shape index (κ3) is 3.23. The van der Waals surface area contributed by atoms with E-state index in [1.807, 2.05) is 22.6 Å². The van der Waals surface area contributed by atoms with Gasteiger partial charge in [0.15, 0.2) is 0 Å². The van der Waals surface area contributed by atoms with Crippen LogP contribution >= 0.6 is 22.6 Å². The van der Waals surface area contributed by atoms with Crippen LogP contribution in [0, 0.1) is 13.7 Å². The largest absolute Gasteiger partial charge is 0.478 e. The van der Waals surface area contributed by atoms with Crippen molar-refractivity contribution in [1.82, 2.24) is 0 Å². The summed E-state index contributed by atoms with van der Waals surface area (Å²) in [7, 11) is 0. The highest BCUT2D eigenvalue weighted by atomic mass is 127. The fraction of sp³-hybridized carbons (Fsp3) is 0. The van der Waals surface area contributed by atoms with Gasteiger partial charge in [0, 0.05) is 9.64 Å². The number of nitrogens with zero attached hydrogens (tertiary/aromatic N) is 1. The standard InChI is InChI=1S/C13H8INO5/c14-8-4-5-12(11(6-8)13(16)17)20-10-3-1-2-9(7-10)15(18)19/h1-7H,(H,16,17). The highest BCUT2D eigenvalue weighted by Crippen LogP contribution is 2.29. The first kappa shape index (κ1) is 14.3. The van der Waals surface area contributed by atoms with Gasteiger partial charge in [-0.3, -0.25) is 10.1 Å². The number of hydrogen-bond acceptors (Lipinski definition) is 4. The van der Waals surface area contributed by atoms with Crippen molar-refractivity contribution >= 4 is 34.2 Å². The molecule has 102 valence electrons. The molecule has 2 aromatic carbocycles. The van der Waals surface area contributed by atoms with Crippen LogP contribution in [0.4, 0.5) is 5.69 Å². The maximum atomic E-state index is 11.1. The number of carbonyl (C=O) groups is 1. The first-order chi connectivity index (χ1) is 9.47. The Morgan fingerprint density at radius 2 is 2.00 bits per heavy atom. The topological polar surface area (TPSA) is 89.7 Å². The Kier molecular flexibility index (Phi) is 4.18. The molecule has 20 heavy (non-hydrogen) atoms. The lowest BCUT2D eigenvalue weighted by molar-refractivity contribution is -0.384. The molecule has 0 amide bonds. The van der Waals surface area contributed by atoms with Crippen molar-refractivity contribution < 1.29 is 19.6 Å². The van der Waals surface area contributed by atoms with Gasteiger partial charge in [-0.2, -0.15) is 0 Å². The zero-order valence-corrected chi connectivity index (χ0v) is 12.1. The molecule has 2 rings (SSSR count). The number of nitro benzene ring substituents is 1. The maximum absolute atomic E-state index is 11.1. The molecule has 0 bridgehead atoms. The van der Waals surface area contributed by atoms with Crippen LogP contribution in [0.2, 0.25) is 0 Å². The molecule has 0 atom stereocenters. The minimum Gasteiger partial charge on any atom is -0.478 e. The Morgan fingerprint density at radius 1 is 1.25 bits per heavy atom. The Balaban J connectivity index is 2.37. The summed E-state index contributed by atoms with van der Waals surface area (Å²) in [5.74, 6) is -0.773. The minimum atomic E-state index is -1.12. The van der Waals surface area contributed by atoms with Gasteiger partial charge in [-0.15, -0.1) is 0 Å². The van der Waals surface area contributed by atoms with E-state index in [1.54, 1.807) is 6.07 Å². The minimum absolute atomic E-state index is 0.00315. The molecule has 0 aromatic heterocycles. The number of nitro groups is 1. The quantitative estimate of drug-likeness (QED) is 0.493. The van der Waals surface area contributed by atoms with Crippen LogP contribution in [0.1, 0.15) is 10.4 Å². The van der Waals surface area contributed by atoms with E-state index in [4.69, 9.17) is 9.84 Å². The predicted octanol–water partition coefficient (Wildman–Crippen LogP) is 3.69. The number of carboxylic acid groups (broad SMARTS) is 1. The number of non-ortho nitro benzene ring substituents is 1. The van der Waals surface area contributed by atoms with Gasteiger partial charge in [0.25, 0.3) is 5.69 Å². The number of rotatable bonds is 4. The SMILES string of the molecule is O=C(O)c1cc(I)ccc1Oc1cccc([N+](=O)[O-])c1. The fourth-order valence-corrected chi connectivity index (χ4v) is 2.04. The second-order valence-corrected chi connectivity index (χ2v) is 5.05. The number of hydrogen-bond donors (Lipinski definition) is 1. The fourth-order valence-electron chi connectivity index (χ4n) is 1.55. The maximum Gasteiger partial charge on any atom is 0.339 e. The molecule has 0 saturated carbocycles. The highest BCUT2D eigenvalue weighted by Gasteiger charge is 2.14. The van der Waals surface area contributed by atoms with Crippen molar-refractivity contribution in [2.45, 2.75) is 0 Å². The van der Waals surface area contributed by atoms with E-state index in [0.717, 1.165) is 3.57 Å². The van der Waals surface area contributed by atoms with E-state index in [0.29, 0.717) is 0 Å². The van der Waals surface area contributed by atoms with Crippen LogP contribution in [0.15, 0.2) is 42.5 Å². The van der Waals surface area contributed by atoms with Gasteiger partial charge in [-0.25, -0.2) is 4.79 Å². The van der Waals surface area contributed by atoms with Crippen molar-refractivity contribution in [2.75, 3.05) is 0 Å². The van der Waals surface area contributed by atoms with Crippen LogP contribution in [0.5, 0.6) is 11.5 Å². The normalized spacial score (nSPS) is 10.1. The molecule has 0 radical (unpaired) electrons. The second kappa shape index (κ2) is 5.87. The molecular formula is C13H8INO5. The lowest BCUT2D eigenvalue weighted by atomic mass is 10.2. The smallest absolute Gasteiger partial charge is 0.339 e. The van der Waals surface area contributed by atoms with Crippen LogP contribution in [0.3, 0.4) is 0 Å². The molecule has 0 heterocycles. The molecular weight excluding hydrogens is 377 g/mol. The first-order valence-corrected chi connectivity index (χ1v) is 6.50. The van der Waals surface area contributed by atoms with E-state index in [2.05, 4.69) is 0 Å². The van der Waals surface area contributed by atoms with E-state index >= 15 is 0 Å². The molecule has 0 saturated heterocycles. The van der Waals surface area contributed by atoms with Gasteiger partial charge in [0.2, 0.25) is 0 Å². The predicted molar refractivity (Wildman–Crippen MR) is 79.3 cm³/mol. The van der Waals surface area contributed by atoms with Gasteiger partial charge in [0.05, 0.1) is 11.0 Å². The Hall–Kier alpha value is -2.16. The zero-order valence-electron chi connectivity index (χ0n) is 9.95. The van der Waals surface area contributed by atoms with E-state index < -0.39 is 10.9 Å². The number of halogens is 1. The number of aromatic carboxylic acids is 1. The Bertz CT molecular complexity index is 686. The average Bonchev–Trinajstić information content (AvgIpc) is 2.41. The number of benzene rings is 2. The second-order valence-electron chi connectivity index (χ2n) is 3.80. The number of carboxylic acids is 1. The molecule has 7 heteroatoms. The highest BCUT2D eigenvalue weighted by molar-refractivity contribution is 14.1. The first-order valence-electron chi connectivity index (χ1n) is 5.42. The molecule has 0 unspecified atom stereocenters. The summed E-state index contributed by atoms with van der Waals surface area (Å²) in [6, 6.07) is 10.2. The molecule has 6 nitrogen and oxygen atoms in total. The van der Waals surface area contributed by atoms with Gasteiger partial charge < -0.3 is 9.84 Å². The van der Waals surface area contributed by atoms with Crippen molar-refractivity contribution in [3.05, 3.63) is 61.7 Å². The van der Waals surface area contributed by atoms with E-state index in [-0.39, 0.29) is 22.7 Å². The van der Waals surface area contributed by atoms with Crippen molar-refractivity contribution in [3.8, 4) is 11.5 Å². The molecule has 0 aliphatic heterocycles. The lowest BCUT2D eigenvalue weighted by Crippen LogP contribution is -2.00. The molecule has 0 aliphatic rings. The summed E-state index contributed by atoms with van der Waals surface area (Å²) in [5.41, 5.74) is -0.117.